The first-order valence-electron chi connectivity index (χ1n) is 2.30. The van der Waals surface area contributed by atoms with Crippen molar-refractivity contribution >= 4 is 0 Å². The van der Waals surface area contributed by atoms with Gasteiger partial charge in [0, 0.05) is 21.1 Å². The first-order chi connectivity index (χ1) is 3.66. The van der Waals surface area contributed by atoms with Crippen LogP contribution < -0.4 is 0 Å². The van der Waals surface area contributed by atoms with Crippen molar-refractivity contribution in [3.63, 3.8) is 0 Å². The van der Waals surface area contributed by atoms with Gasteiger partial charge in [0.05, 0.1) is 7.11 Å². The van der Waals surface area contributed by atoms with Gasteiger partial charge < -0.3 is 0 Å². The summed E-state index contributed by atoms with van der Waals surface area (Å²) in [5.41, 5.74) is 0. The van der Waals surface area contributed by atoms with Gasteiger partial charge in [-0.3, -0.25) is 4.84 Å². The van der Waals surface area contributed by atoms with Crippen molar-refractivity contribution in [3.8, 4) is 0 Å². The van der Waals surface area contributed by atoms with Crippen LogP contribution in [0, 0.1) is 0 Å². The minimum Gasteiger partial charge on any atom is -0.276 e. The second-order valence-corrected chi connectivity index (χ2v) is 1.52. The second kappa shape index (κ2) is 3.80. The fourth-order valence-corrected chi connectivity index (χ4v) is 0.263. The molecule has 4 heteroatoms. The van der Waals surface area contributed by atoms with Crippen molar-refractivity contribution in [1.82, 2.24) is 10.3 Å². The molecule has 0 aromatic heterocycles. The molecular weight excluding hydrogens is 108 g/mol. The summed E-state index contributed by atoms with van der Waals surface area (Å²) in [4.78, 5) is 9.47. The minimum absolute atomic E-state index is 1.25. The van der Waals surface area contributed by atoms with Crippen molar-refractivity contribution in [2.75, 3.05) is 28.3 Å². The highest BCUT2D eigenvalue weighted by atomic mass is 17.0. The average molecular weight is 120 g/mol. The zero-order chi connectivity index (χ0) is 6.57. The van der Waals surface area contributed by atoms with Crippen LogP contribution in [0.25, 0.3) is 0 Å². The topological polar surface area (TPSA) is 24.9 Å². The molecule has 8 heavy (non-hydrogen) atoms. The average Bonchev–Trinajstić information content (AvgIpc) is 1.65. The molecular formula is C4H12N2O2. The summed E-state index contributed by atoms with van der Waals surface area (Å²) >= 11 is 0. The summed E-state index contributed by atoms with van der Waals surface area (Å²) < 4.78 is 0. The number of hydrogen-bond donors (Lipinski definition) is 0. The lowest BCUT2D eigenvalue weighted by molar-refractivity contribution is -0.424. The molecule has 50 valence electrons. The number of nitrogens with zero attached hydrogens (tertiary/aromatic N) is 2. The van der Waals surface area contributed by atoms with Crippen LogP contribution in [0.4, 0.5) is 0 Å². The summed E-state index contributed by atoms with van der Waals surface area (Å²) in [6, 6.07) is 0. The fraction of sp³-hybridized carbons (Fsp3) is 1.00. The molecule has 0 aliphatic rings. The summed E-state index contributed by atoms with van der Waals surface area (Å²) in [6.45, 7) is 0. The molecule has 0 rings (SSSR count). The van der Waals surface area contributed by atoms with Crippen LogP contribution in [0.15, 0.2) is 0 Å². The highest BCUT2D eigenvalue weighted by Gasteiger charge is 1.94. The predicted molar refractivity (Wildman–Crippen MR) is 29.5 cm³/mol. The number of hydrogen-bond acceptors (Lipinski definition) is 4. The van der Waals surface area contributed by atoms with E-state index in [4.69, 9.17) is 4.94 Å². The van der Waals surface area contributed by atoms with Crippen LogP contribution >= 0.6 is 0 Å². The van der Waals surface area contributed by atoms with Gasteiger partial charge in [0.1, 0.15) is 0 Å². The highest BCUT2D eigenvalue weighted by Crippen LogP contribution is 1.84. The maximum atomic E-state index is 4.84. The van der Waals surface area contributed by atoms with Gasteiger partial charge in [-0.2, -0.15) is 10.0 Å². The molecule has 0 aliphatic heterocycles. The normalized spacial score (nSPS) is 11.2. The molecule has 0 aliphatic carbocycles. The van der Waals surface area contributed by atoms with Gasteiger partial charge in [0.2, 0.25) is 0 Å². The largest absolute Gasteiger partial charge is 0.276 e. The van der Waals surface area contributed by atoms with E-state index >= 15 is 0 Å². The summed E-state index contributed by atoms with van der Waals surface area (Å²) in [5, 5.41) is 2.78. The Hall–Kier alpha value is -0.160. The maximum Gasteiger partial charge on any atom is 0.0602 e. The van der Waals surface area contributed by atoms with Gasteiger partial charge in [-0.1, -0.05) is 0 Å². The molecule has 0 saturated heterocycles. The molecule has 4 nitrogen and oxygen atoms in total. The Morgan fingerprint density at radius 2 is 1.62 bits per heavy atom. The van der Waals surface area contributed by atoms with Gasteiger partial charge >= 0.3 is 0 Å². The molecule has 0 saturated carbocycles. The minimum atomic E-state index is 1.25. The first-order valence-corrected chi connectivity index (χ1v) is 2.30. The Bertz CT molecular complexity index is 58.0. The lowest BCUT2D eigenvalue weighted by Gasteiger charge is -2.16. The van der Waals surface area contributed by atoms with Crippen LogP contribution in [-0.4, -0.2) is 38.5 Å². The van der Waals surface area contributed by atoms with Gasteiger partial charge in [-0.15, -0.1) is 0 Å². The van der Waals surface area contributed by atoms with Crippen molar-refractivity contribution in [3.05, 3.63) is 0 Å². The van der Waals surface area contributed by atoms with Crippen LogP contribution in [-0.2, 0) is 9.78 Å². The van der Waals surface area contributed by atoms with Gasteiger partial charge in [0.15, 0.2) is 0 Å². The molecule has 0 heterocycles. The molecule has 0 N–H and O–H groups in total. The summed E-state index contributed by atoms with van der Waals surface area (Å²) in [5.74, 6) is 0. The monoisotopic (exact) mass is 120 g/mol. The third kappa shape index (κ3) is 4.01. The van der Waals surface area contributed by atoms with E-state index in [1.807, 2.05) is 0 Å². The molecule has 0 bridgehead atoms. The molecule has 0 fully saturated rings. The standard InChI is InChI=1S/C4H12N2O2/c1-5(2)8-6(3)7-4/h1-4H3. The van der Waals surface area contributed by atoms with E-state index in [1.165, 1.54) is 17.4 Å². The zero-order valence-electron chi connectivity index (χ0n) is 5.71. The van der Waals surface area contributed by atoms with Gasteiger partial charge in [-0.05, 0) is 5.23 Å². The Labute approximate surface area is 49.4 Å². The second-order valence-electron chi connectivity index (χ2n) is 1.52. The summed E-state index contributed by atoms with van der Waals surface area (Å²) in [6.07, 6.45) is 0. The third-order valence-electron chi connectivity index (χ3n) is 0.535. The molecule has 0 spiro atoms. The summed E-state index contributed by atoms with van der Waals surface area (Å²) in [7, 11) is 6.74. The Morgan fingerprint density at radius 3 is 1.75 bits per heavy atom. The van der Waals surface area contributed by atoms with E-state index in [2.05, 4.69) is 4.84 Å². The smallest absolute Gasteiger partial charge is 0.0602 e. The highest BCUT2D eigenvalue weighted by molar-refractivity contribution is 4.00. The maximum absolute atomic E-state index is 4.84. The van der Waals surface area contributed by atoms with E-state index in [0.717, 1.165) is 0 Å². The van der Waals surface area contributed by atoms with E-state index < -0.39 is 0 Å². The zero-order valence-corrected chi connectivity index (χ0v) is 5.71. The quantitative estimate of drug-likeness (QED) is 0.485. The molecule has 0 amide bonds. The van der Waals surface area contributed by atoms with Crippen molar-refractivity contribution in [2.45, 2.75) is 0 Å². The molecule has 0 aromatic carbocycles. The fourth-order valence-electron chi connectivity index (χ4n) is 0.263. The lowest BCUT2D eigenvalue weighted by atomic mass is 11.2. The molecule has 0 radical (unpaired) electrons. The van der Waals surface area contributed by atoms with Crippen LogP contribution in [0.1, 0.15) is 0 Å². The number of rotatable bonds is 3. The van der Waals surface area contributed by atoms with E-state index in [1.54, 1.807) is 21.1 Å². The van der Waals surface area contributed by atoms with Crippen LogP contribution in [0.2, 0.25) is 0 Å². The molecule has 0 unspecified atom stereocenters. The first kappa shape index (κ1) is 7.84. The SMILES string of the molecule is CON(C)ON(C)C. The van der Waals surface area contributed by atoms with Crippen molar-refractivity contribution in [1.29, 1.82) is 0 Å². The van der Waals surface area contributed by atoms with Crippen molar-refractivity contribution in [2.24, 2.45) is 0 Å². The van der Waals surface area contributed by atoms with Crippen LogP contribution in [0.5, 0.6) is 0 Å². The predicted octanol–water partition coefficient (Wildman–Crippen LogP) is -0.112. The van der Waals surface area contributed by atoms with E-state index in [-0.39, 0.29) is 0 Å². The van der Waals surface area contributed by atoms with E-state index in [0.29, 0.717) is 0 Å². The lowest BCUT2D eigenvalue weighted by Crippen LogP contribution is -2.26. The van der Waals surface area contributed by atoms with Crippen LogP contribution in [0.3, 0.4) is 0 Å². The molecule has 0 atom stereocenters. The Kier molecular flexibility index (Phi) is 3.72. The third-order valence-corrected chi connectivity index (χ3v) is 0.535. The number of hydroxylamine groups is 4. The Balaban J connectivity index is 3.10. The molecule has 0 aromatic rings. The van der Waals surface area contributed by atoms with Gasteiger partial charge in [-0.25, -0.2) is 0 Å². The van der Waals surface area contributed by atoms with E-state index in [9.17, 15) is 0 Å². The van der Waals surface area contributed by atoms with Gasteiger partial charge in [0.25, 0.3) is 0 Å². The van der Waals surface area contributed by atoms with Crippen molar-refractivity contribution < 1.29 is 9.78 Å². The Morgan fingerprint density at radius 1 is 1.12 bits per heavy atom.